The Morgan fingerprint density at radius 1 is 1.11 bits per heavy atom. The van der Waals surface area contributed by atoms with E-state index in [0.29, 0.717) is 13.1 Å². The smallest absolute Gasteiger partial charge is 0.329 e. The Morgan fingerprint density at radius 2 is 1.86 bits per heavy atom. The van der Waals surface area contributed by atoms with Gasteiger partial charge in [0.1, 0.15) is 5.82 Å². The Morgan fingerprint density at radius 3 is 2.54 bits per heavy atom. The van der Waals surface area contributed by atoms with Gasteiger partial charge in [-0.05, 0) is 29.8 Å². The van der Waals surface area contributed by atoms with Gasteiger partial charge in [-0.3, -0.25) is 19.1 Å². The number of aromatic amines is 1. The molecule has 1 aliphatic heterocycles. The Kier molecular flexibility index (Phi) is 7.05. The van der Waals surface area contributed by atoms with Crippen LogP contribution in [0.15, 0.2) is 38.8 Å². The maximum atomic E-state index is 15.0. The molecule has 35 heavy (non-hydrogen) atoms. The van der Waals surface area contributed by atoms with Crippen LogP contribution in [0.3, 0.4) is 0 Å². The Labute approximate surface area is 209 Å². The first-order valence-corrected chi connectivity index (χ1v) is 13.1. The third-order valence-electron chi connectivity index (χ3n) is 5.83. The standard InChI is InChI=1S/C22H21Cl2FN4O5S/c1-2-35(33,34)17-4-3-13(23)7-12(17)9-29-21(31)14-8-16(25)15(19(24)20(14)27-22(29)32)10-28-6-5-26-18(30)11-28/h3-4,7-8H,2,5-6,9-11H2,1H3,(H,26,30)(H,27,32). The second kappa shape index (κ2) is 9.73. The van der Waals surface area contributed by atoms with Gasteiger partial charge in [-0.15, -0.1) is 0 Å². The normalized spacial score (nSPS) is 14.9. The molecule has 1 aliphatic rings. The summed E-state index contributed by atoms with van der Waals surface area (Å²) in [6, 6.07) is 5.08. The number of rotatable bonds is 6. The molecule has 13 heteroatoms. The van der Waals surface area contributed by atoms with Crippen molar-refractivity contribution < 1.29 is 17.6 Å². The van der Waals surface area contributed by atoms with E-state index in [1.54, 1.807) is 4.90 Å². The van der Waals surface area contributed by atoms with Gasteiger partial charge in [0, 0.05) is 30.2 Å². The number of sulfone groups is 1. The van der Waals surface area contributed by atoms with Gasteiger partial charge in [-0.2, -0.15) is 0 Å². The summed E-state index contributed by atoms with van der Waals surface area (Å²) in [5.41, 5.74) is -1.53. The molecule has 0 bridgehead atoms. The van der Waals surface area contributed by atoms with Crippen molar-refractivity contribution in [1.82, 2.24) is 19.8 Å². The van der Waals surface area contributed by atoms with E-state index in [4.69, 9.17) is 23.2 Å². The second-order valence-corrected chi connectivity index (χ2v) is 11.2. The molecule has 2 N–H and O–H groups in total. The van der Waals surface area contributed by atoms with Gasteiger partial charge in [-0.25, -0.2) is 17.6 Å². The van der Waals surface area contributed by atoms with Gasteiger partial charge in [0.15, 0.2) is 9.84 Å². The van der Waals surface area contributed by atoms with E-state index < -0.39 is 33.4 Å². The van der Waals surface area contributed by atoms with Crippen molar-refractivity contribution in [3.63, 3.8) is 0 Å². The summed E-state index contributed by atoms with van der Waals surface area (Å²) in [4.78, 5) is 41.8. The third kappa shape index (κ3) is 4.99. The molecule has 9 nitrogen and oxygen atoms in total. The Balaban J connectivity index is 1.81. The van der Waals surface area contributed by atoms with Crippen molar-refractivity contribution in [2.75, 3.05) is 25.4 Å². The van der Waals surface area contributed by atoms with Crippen LogP contribution in [-0.2, 0) is 27.7 Å². The Bertz CT molecular complexity index is 1570. The van der Waals surface area contributed by atoms with Gasteiger partial charge in [-0.1, -0.05) is 30.1 Å². The molecule has 1 amide bonds. The van der Waals surface area contributed by atoms with E-state index in [-0.39, 0.29) is 61.7 Å². The van der Waals surface area contributed by atoms with Crippen molar-refractivity contribution >= 4 is 49.8 Å². The monoisotopic (exact) mass is 542 g/mol. The number of aromatic nitrogens is 2. The molecule has 0 atom stereocenters. The average molecular weight is 543 g/mol. The predicted molar refractivity (Wildman–Crippen MR) is 130 cm³/mol. The second-order valence-electron chi connectivity index (χ2n) is 8.11. The van der Waals surface area contributed by atoms with Gasteiger partial charge in [0.25, 0.3) is 5.56 Å². The highest BCUT2D eigenvalue weighted by Crippen LogP contribution is 2.28. The predicted octanol–water partition coefficient (Wildman–Crippen LogP) is 1.91. The molecular formula is C22H21Cl2FN4O5S. The van der Waals surface area contributed by atoms with Crippen molar-refractivity contribution in [2.45, 2.75) is 24.9 Å². The maximum Gasteiger partial charge on any atom is 0.329 e. The molecular weight excluding hydrogens is 522 g/mol. The number of nitrogens with zero attached hydrogens (tertiary/aromatic N) is 2. The highest BCUT2D eigenvalue weighted by molar-refractivity contribution is 7.91. The molecule has 0 spiro atoms. The number of carbonyl (C=O) groups is 1. The fourth-order valence-corrected chi connectivity index (χ4v) is 5.61. The lowest BCUT2D eigenvalue weighted by molar-refractivity contribution is -0.124. The lowest BCUT2D eigenvalue weighted by Crippen LogP contribution is -2.47. The van der Waals surface area contributed by atoms with E-state index in [0.717, 1.165) is 10.6 Å². The van der Waals surface area contributed by atoms with Crippen LogP contribution in [0.4, 0.5) is 4.39 Å². The molecule has 3 aromatic rings. The van der Waals surface area contributed by atoms with E-state index in [1.165, 1.54) is 25.1 Å². The minimum absolute atomic E-state index is 0.0138. The lowest BCUT2D eigenvalue weighted by atomic mass is 10.1. The highest BCUT2D eigenvalue weighted by atomic mass is 35.5. The number of halogens is 3. The summed E-state index contributed by atoms with van der Waals surface area (Å²) in [6.45, 7) is 2.05. The number of piperazine rings is 1. The molecule has 0 radical (unpaired) electrons. The zero-order valence-electron chi connectivity index (χ0n) is 18.5. The first kappa shape index (κ1) is 25.4. The lowest BCUT2D eigenvalue weighted by Gasteiger charge is -2.27. The summed E-state index contributed by atoms with van der Waals surface area (Å²) < 4.78 is 40.8. The van der Waals surface area contributed by atoms with Crippen LogP contribution in [-0.4, -0.2) is 54.2 Å². The van der Waals surface area contributed by atoms with E-state index in [2.05, 4.69) is 10.3 Å². The van der Waals surface area contributed by atoms with Crippen molar-refractivity contribution in [3.05, 3.63) is 72.1 Å². The van der Waals surface area contributed by atoms with Crippen LogP contribution < -0.4 is 16.6 Å². The zero-order chi connectivity index (χ0) is 25.5. The quantitative estimate of drug-likeness (QED) is 0.490. The topological polar surface area (TPSA) is 121 Å². The highest BCUT2D eigenvalue weighted by Gasteiger charge is 2.23. The van der Waals surface area contributed by atoms with E-state index in [9.17, 15) is 22.8 Å². The Hall–Kier alpha value is -2.73. The number of benzene rings is 2. The van der Waals surface area contributed by atoms with Gasteiger partial charge < -0.3 is 10.3 Å². The summed E-state index contributed by atoms with van der Waals surface area (Å²) in [5.74, 6) is -1.15. The third-order valence-corrected chi connectivity index (χ3v) is 8.31. The maximum absolute atomic E-state index is 15.0. The fourth-order valence-electron chi connectivity index (χ4n) is 4.00. The van der Waals surface area contributed by atoms with Crippen LogP contribution in [0.5, 0.6) is 0 Å². The summed E-state index contributed by atoms with van der Waals surface area (Å²) in [5, 5.41) is 2.59. The summed E-state index contributed by atoms with van der Waals surface area (Å²) >= 11 is 12.4. The first-order chi connectivity index (χ1) is 16.5. The average Bonchev–Trinajstić information content (AvgIpc) is 2.80. The summed E-state index contributed by atoms with van der Waals surface area (Å²) in [6.07, 6.45) is 0. The molecule has 1 fully saturated rings. The fraction of sp³-hybridized carbons (Fsp3) is 0.318. The molecule has 0 unspecified atom stereocenters. The van der Waals surface area contributed by atoms with Crippen LogP contribution >= 0.6 is 23.2 Å². The van der Waals surface area contributed by atoms with Crippen LogP contribution in [0.2, 0.25) is 10.0 Å². The molecule has 0 aliphatic carbocycles. The largest absolute Gasteiger partial charge is 0.354 e. The van der Waals surface area contributed by atoms with Crippen LogP contribution in [0.25, 0.3) is 10.9 Å². The zero-order valence-corrected chi connectivity index (χ0v) is 20.9. The molecule has 0 saturated carbocycles. The molecule has 4 rings (SSSR count). The number of amides is 1. The van der Waals surface area contributed by atoms with Crippen molar-refractivity contribution in [2.24, 2.45) is 0 Å². The molecule has 1 saturated heterocycles. The van der Waals surface area contributed by atoms with E-state index >= 15 is 4.39 Å². The molecule has 1 aromatic heterocycles. The van der Waals surface area contributed by atoms with Gasteiger partial charge in [0.2, 0.25) is 5.91 Å². The number of H-pyrrole nitrogens is 1. The van der Waals surface area contributed by atoms with Crippen molar-refractivity contribution in [3.8, 4) is 0 Å². The molecule has 186 valence electrons. The van der Waals surface area contributed by atoms with Gasteiger partial charge >= 0.3 is 5.69 Å². The minimum atomic E-state index is -3.67. The minimum Gasteiger partial charge on any atom is -0.354 e. The first-order valence-electron chi connectivity index (χ1n) is 10.7. The van der Waals surface area contributed by atoms with Crippen molar-refractivity contribution in [1.29, 1.82) is 0 Å². The number of hydrogen-bond acceptors (Lipinski definition) is 6. The number of hydrogen-bond donors (Lipinski definition) is 2. The van der Waals surface area contributed by atoms with E-state index in [1.807, 2.05) is 0 Å². The van der Waals surface area contributed by atoms with Gasteiger partial charge in [0.05, 0.1) is 39.7 Å². The molecule has 2 aromatic carbocycles. The summed E-state index contributed by atoms with van der Waals surface area (Å²) in [7, 11) is -3.67. The number of carbonyl (C=O) groups excluding carboxylic acids is 1. The number of nitrogens with one attached hydrogen (secondary N) is 2. The molecule has 2 heterocycles. The van der Waals surface area contributed by atoms with Crippen LogP contribution in [0, 0.1) is 5.82 Å². The number of fused-ring (bicyclic) bond motifs is 1. The SMILES string of the molecule is CCS(=O)(=O)c1ccc(Cl)cc1Cn1c(=O)[nH]c2c(Cl)c(CN3CCNC(=O)C3)c(F)cc2c1=O. The van der Waals surface area contributed by atoms with Crippen LogP contribution in [0.1, 0.15) is 18.1 Å².